The molecule has 0 aliphatic carbocycles. The molecule has 0 aliphatic heterocycles. The van der Waals surface area contributed by atoms with Crippen LogP contribution < -0.4 is 10.5 Å². The number of carbonyl (C=O) groups is 1. The molecule has 0 amide bonds. The maximum Gasteiger partial charge on any atom is 0.337 e. The average molecular weight is 253 g/mol. The number of rotatable bonds is 5. The highest BCUT2D eigenvalue weighted by Gasteiger charge is 2.10. The number of carboxylic acids is 1. The van der Waals surface area contributed by atoms with Gasteiger partial charge in [-0.2, -0.15) is 0 Å². The van der Waals surface area contributed by atoms with Gasteiger partial charge in [0.2, 0.25) is 0 Å². The Morgan fingerprint density at radius 3 is 2.50 bits per heavy atom. The van der Waals surface area contributed by atoms with Crippen LogP contribution in [0.15, 0.2) is 18.2 Å². The molecule has 0 atom stereocenters. The predicted octanol–water partition coefficient (Wildman–Crippen LogP) is 2.16. The fourth-order valence-electron chi connectivity index (χ4n) is 1.33. The number of aromatic carboxylic acids is 1. The van der Waals surface area contributed by atoms with Crippen molar-refractivity contribution >= 4 is 11.7 Å². The van der Waals surface area contributed by atoms with Crippen molar-refractivity contribution in [2.24, 2.45) is 0 Å². The smallest absolute Gasteiger partial charge is 0.337 e. The van der Waals surface area contributed by atoms with Gasteiger partial charge in [-0.05, 0) is 32.9 Å². The molecule has 0 spiro atoms. The third-order valence-corrected chi connectivity index (χ3v) is 2.14. The van der Waals surface area contributed by atoms with Crippen molar-refractivity contribution in [3.05, 3.63) is 23.8 Å². The van der Waals surface area contributed by atoms with E-state index in [4.69, 9.17) is 20.3 Å². The number of anilines is 1. The number of nitrogen functional groups attached to an aromatic ring is 1. The van der Waals surface area contributed by atoms with Crippen LogP contribution in [0.4, 0.5) is 5.69 Å². The Hall–Kier alpha value is -1.75. The number of benzene rings is 1. The summed E-state index contributed by atoms with van der Waals surface area (Å²) in [5.74, 6) is -0.509. The third-order valence-electron chi connectivity index (χ3n) is 2.14. The highest BCUT2D eigenvalue weighted by atomic mass is 16.5. The van der Waals surface area contributed by atoms with Gasteiger partial charge in [0.05, 0.1) is 17.8 Å². The van der Waals surface area contributed by atoms with E-state index in [1.807, 2.05) is 20.8 Å². The highest BCUT2D eigenvalue weighted by molar-refractivity contribution is 5.93. The fourth-order valence-corrected chi connectivity index (χ4v) is 1.33. The number of ether oxygens (including phenoxy) is 2. The van der Waals surface area contributed by atoms with E-state index >= 15 is 0 Å². The molecule has 1 aromatic rings. The second-order valence-electron chi connectivity index (χ2n) is 4.86. The van der Waals surface area contributed by atoms with Gasteiger partial charge >= 0.3 is 5.97 Å². The molecule has 0 saturated carbocycles. The van der Waals surface area contributed by atoms with E-state index in [9.17, 15) is 4.79 Å². The van der Waals surface area contributed by atoms with Crippen LogP contribution in [0.3, 0.4) is 0 Å². The summed E-state index contributed by atoms with van der Waals surface area (Å²) in [6.45, 7) is 6.75. The molecule has 0 bridgehead atoms. The molecule has 0 aliphatic rings. The van der Waals surface area contributed by atoms with Crippen LogP contribution >= 0.6 is 0 Å². The van der Waals surface area contributed by atoms with Crippen LogP contribution in [-0.4, -0.2) is 29.9 Å². The normalized spacial score (nSPS) is 11.3. The Bertz CT molecular complexity index is 423. The first kappa shape index (κ1) is 14.3. The van der Waals surface area contributed by atoms with Crippen molar-refractivity contribution in [2.75, 3.05) is 18.9 Å². The lowest BCUT2D eigenvalue weighted by Crippen LogP contribution is -2.22. The van der Waals surface area contributed by atoms with Gasteiger partial charge in [0.15, 0.2) is 0 Å². The molecular formula is C13H19NO4. The Kier molecular flexibility index (Phi) is 4.55. The van der Waals surface area contributed by atoms with Gasteiger partial charge in [0.1, 0.15) is 12.4 Å². The second kappa shape index (κ2) is 5.73. The van der Waals surface area contributed by atoms with Crippen LogP contribution in [0.1, 0.15) is 31.1 Å². The van der Waals surface area contributed by atoms with Gasteiger partial charge in [0, 0.05) is 11.8 Å². The maximum atomic E-state index is 10.8. The number of carboxylic acid groups (broad SMARTS) is 1. The van der Waals surface area contributed by atoms with Crippen LogP contribution in [-0.2, 0) is 4.74 Å². The number of nitrogens with two attached hydrogens (primary N) is 1. The van der Waals surface area contributed by atoms with Crippen LogP contribution in [0.2, 0.25) is 0 Å². The minimum atomic E-state index is -1.05. The number of hydrogen-bond donors (Lipinski definition) is 2. The van der Waals surface area contributed by atoms with Gasteiger partial charge in [-0.25, -0.2) is 4.79 Å². The second-order valence-corrected chi connectivity index (χ2v) is 4.86. The standard InChI is InChI=1S/C13H19NO4/c1-13(2,3)18-7-6-17-9-4-5-10(12(15)16)11(14)8-9/h4-5,8H,6-7,14H2,1-3H3,(H,15,16). The zero-order chi connectivity index (χ0) is 13.8. The first-order valence-electron chi connectivity index (χ1n) is 5.69. The summed E-state index contributed by atoms with van der Waals surface area (Å²) >= 11 is 0. The Morgan fingerprint density at radius 2 is 2.00 bits per heavy atom. The summed E-state index contributed by atoms with van der Waals surface area (Å²) in [6.07, 6.45) is 0. The molecule has 5 nitrogen and oxygen atoms in total. The lowest BCUT2D eigenvalue weighted by atomic mass is 10.2. The van der Waals surface area contributed by atoms with Crippen molar-refractivity contribution in [1.29, 1.82) is 0 Å². The monoisotopic (exact) mass is 253 g/mol. The van der Waals surface area contributed by atoms with Gasteiger partial charge in [0.25, 0.3) is 0 Å². The molecule has 3 N–H and O–H groups in total. The molecule has 1 rings (SSSR count). The Balaban J connectivity index is 2.49. The summed E-state index contributed by atoms with van der Waals surface area (Å²) in [4.78, 5) is 10.8. The molecule has 0 unspecified atom stereocenters. The van der Waals surface area contributed by atoms with Crippen molar-refractivity contribution < 1.29 is 19.4 Å². The van der Waals surface area contributed by atoms with Gasteiger partial charge in [-0.15, -0.1) is 0 Å². The molecule has 0 saturated heterocycles. The van der Waals surface area contributed by atoms with Crippen molar-refractivity contribution in [1.82, 2.24) is 0 Å². The molecule has 0 heterocycles. The third kappa shape index (κ3) is 4.63. The lowest BCUT2D eigenvalue weighted by molar-refractivity contribution is -0.0163. The largest absolute Gasteiger partial charge is 0.491 e. The maximum absolute atomic E-state index is 10.8. The molecule has 100 valence electrons. The zero-order valence-electron chi connectivity index (χ0n) is 10.9. The van der Waals surface area contributed by atoms with Crippen molar-refractivity contribution in [3.8, 4) is 5.75 Å². The first-order valence-corrected chi connectivity index (χ1v) is 5.69. The summed E-state index contributed by atoms with van der Waals surface area (Å²) in [6, 6.07) is 4.51. The van der Waals surface area contributed by atoms with Gasteiger partial charge in [-0.1, -0.05) is 0 Å². The quantitative estimate of drug-likeness (QED) is 0.620. The molecule has 18 heavy (non-hydrogen) atoms. The van der Waals surface area contributed by atoms with E-state index in [0.29, 0.717) is 19.0 Å². The predicted molar refractivity (Wildman–Crippen MR) is 69.0 cm³/mol. The van der Waals surface area contributed by atoms with Crippen molar-refractivity contribution in [3.63, 3.8) is 0 Å². The minimum Gasteiger partial charge on any atom is -0.491 e. The summed E-state index contributed by atoms with van der Waals surface area (Å²) in [5, 5.41) is 8.82. The molecule has 0 fully saturated rings. The topological polar surface area (TPSA) is 81.8 Å². The molecule has 5 heteroatoms. The van der Waals surface area contributed by atoms with Gasteiger partial charge < -0.3 is 20.3 Å². The minimum absolute atomic E-state index is 0.0771. The average Bonchev–Trinajstić information content (AvgIpc) is 2.22. The molecular weight excluding hydrogens is 234 g/mol. The van der Waals surface area contributed by atoms with E-state index in [1.54, 1.807) is 6.07 Å². The molecule has 1 aromatic carbocycles. The number of hydrogen-bond acceptors (Lipinski definition) is 4. The first-order chi connectivity index (χ1) is 8.29. The van der Waals surface area contributed by atoms with E-state index in [2.05, 4.69) is 0 Å². The molecule has 0 aromatic heterocycles. The summed E-state index contributed by atoms with van der Waals surface area (Å²) in [5.41, 5.74) is 5.67. The fraction of sp³-hybridized carbons (Fsp3) is 0.462. The van der Waals surface area contributed by atoms with E-state index in [-0.39, 0.29) is 16.9 Å². The highest BCUT2D eigenvalue weighted by Crippen LogP contribution is 2.20. The summed E-state index contributed by atoms with van der Waals surface area (Å²) < 4.78 is 10.9. The Labute approximate surface area is 107 Å². The lowest BCUT2D eigenvalue weighted by Gasteiger charge is -2.19. The van der Waals surface area contributed by atoms with Crippen molar-refractivity contribution in [2.45, 2.75) is 26.4 Å². The van der Waals surface area contributed by atoms with Crippen LogP contribution in [0.25, 0.3) is 0 Å². The SMILES string of the molecule is CC(C)(C)OCCOc1ccc(C(=O)O)c(N)c1. The van der Waals surface area contributed by atoms with Crippen LogP contribution in [0, 0.1) is 0 Å². The van der Waals surface area contributed by atoms with E-state index < -0.39 is 5.97 Å². The zero-order valence-corrected chi connectivity index (χ0v) is 10.9. The molecule has 0 radical (unpaired) electrons. The summed E-state index contributed by atoms with van der Waals surface area (Å²) in [7, 11) is 0. The van der Waals surface area contributed by atoms with Gasteiger partial charge in [-0.3, -0.25) is 0 Å². The van der Waals surface area contributed by atoms with E-state index in [1.165, 1.54) is 12.1 Å². The van der Waals surface area contributed by atoms with Crippen LogP contribution in [0.5, 0.6) is 5.75 Å². The van der Waals surface area contributed by atoms with E-state index in [0.717, 1.165) is 0 Å². The Morgan fingerprint density at radius 1 is 1.33 bits per heavy atom.